The van der Waals surface area contributed by atoms with E-state index in [0.717, 1.165) is 26.0 Å². The van der Waals surface area contributed by atoms with E-state index in [4.69, 9.17) is 18.9 Å². The molecular weight excluding hydrogens is 544 g/mol. The highest BCUT2D eigenvalue weighted by Gasteiger charge is 2.64. The molecule has 0 saturated carbocycles. The van der Waals surface area contributed by atoms with Crippen molar-refractivity contribution in [1.82, 2.24) is 9.36 Å². The highest BCUT2D eigenvalue weighted by molar-refractivity contribution is 6.27. The third kappa shape index (κ3) is 4.50. The van der Waals surface area contributed by atoms with Crippen LogP contribution >= 0.6 is 0 Å². The van der Waals surface area contributed by atoms with E-state index in [1.807, 2.05) is 0 Å². The number of hydrogen-bond donors (Lipinski definition) is 0. The molecule has 0 fully saturated rings. The SMILES string of the molecule is COC(=O)/C(=C(/c1ccccc1)c1c(C(=O)OC)n2n(c1=O)C(C(=O)OC)(C(=O)OC)C(C(C)C)C2)c1ccccc1. The largest absolute Gasteiger partial charge is 0.467 e. The van der Waals surface area contributed by atoms with Gasteiger partial charge in [0.15, 0.2) is 5.69 Å². The monoisotopic (exact) mass is 576 g/mol. The molecule has 42 heavy (non-hydrogen) atoms. The Balaban J connectivity index is 2.29. The summed E-state index contributed by atoms with van der Waals surface area (Å²) < 4.78 is 22.6. The first-order valence-electron chi connectivity index (χ1n) is 13.2. The molecule has 0 aliphatic carbocycles. The molecular formula is C31H32N2O9. The minimum Gasteiger partial charge on any atom is -0.467 e. The molecule has 4 rings (SSSR count). The van der Waals surface area contributed by atoms with E-state index in [1.54, 1.807) is 74.5 Å². The van der Waals surface area contributed by atoms with Gasteiger partial charge in [0.1, 0.15) is 0 Å². The van der Waals surface area contributed by atoms with Crippen LogP contribution in [-0.4, -0.2) is 61.7 Å². The van der Waals surface area contributed by atoms with Gasteiger partial charge < -0.3 is 18.9 Å². The highest BCUT2D eigenvalue weighted by Crippen LogP contribution is 2.43. The van der Waals surface area contributed by atoms with Gasteiger partial charge in [0.05, 0.1) is 39.6 Å². The van der Waals surface area contributed by atoms with Crippen molar-refractivity contribution in [2.24, 2.45) is 11.8 Å². The first-order valence-corrected chi connectivity index (χ1v) is 13.2. The summed E-state index contributed by atoms with van der Waals surface area (Å²) in [6.45, 7) is 3.45. The van der Waals surface area contributed by atoms with Crippen LogP contribution in [0.15, 0.2) is 65.5 Å². The maximum atomic E-state index is 14.7. The number of rotatable bonds is 8. The fraction of sp³-hybridized carbons (Fsp3) is 0.323. The Morgan fingerprint density at radius 3 is 1.76 bits per heavy atom. The van der Waals surface area contributed by atoms with Crippen LogP contribution in [0.4, 0.5) is 0 Å². The average molecular weight is 577 g/mol. The third-order valence-corrected chi connectivity index (χ3v) is 7.57. The van der Waals surface area contributed by atoms with Crippen molar-refractivity contribution in [2.45, 2.75) is 25.9 Å². The standard InChI is InChI=1S/C31H32N2O9/c1-18(2)21-17-32-25(28(36)40-4)24(26(34)33(32)31(21,29(37)41-5)30(38)42-6)22(19-13-9-7-10-14-19)23(27(35)39-3)20-15-11-8-12-16-20/h7-16,18,21H,17H2,1-6H3/b23-22-. The summed E-state index contributed by atoms with van der Waals surface area (Å²) in [5.74, 6) is -4.94. The lowest BCUT2D eigenvalue weighted by atomic mass is 9.77. The van der Waals surface area contributed by atoms with E-state index in [9.17, 15) is 24.0 Å². The smallest absolute Gasteiger partial charge is 0.357 e. The Bertz CT molecular complexity index is 1600. The lowest BCUT2D eigenvalue weighted by molar-refractivity contribution is -0.171. The van der Waals surface area contributed by atoms with Gasteiger partial charge in [-0.1, -0.05) is 74.5 Å². The van der Waals surface area contributed by atoms with Gasteiger partial charge in [-0.2, -0.15) is 0 Å². The molecule has 11 nitrogen and oxygen atoms in total. The van der Waals surface area contributed by atoms with Gasteiger partial charge in [-0.15, -0.1) is 0 Å². The van der Waals surface area contributed by atoms with Gasteiger partial charge in [0, 0.05) is 18.0 Å². The molecule has 3 aromatic rings. The summed E-state index contributed by atoms with van der Waals surface area (Å²) >= 11 is 0. The van der Waals surface area contributed by atoms with Gasteiger partial charge in [0.2, 0.25) is 0 Å². The second-order valence-electron chi connectivity index (χ2n) is 9.99. The molecule has 1 atom stereocenters. The summed E-state index contributed by atoms with van der Waals surface area (Å²) in [6, 6.07) is 17.0. The van der Waals surface area contributed by atoms with Crippen LogP contribution in [0.2, 0.25) is 0 Å². The number of benzene rings is 2. The number of carbonyl (C=O) groups is 4. The Kier molecular flexibility index (Phi) is 8.51. The Labute approximate surface area is 242 Å². The quantitative estimate of drug-likeness (QED) is 0.131. The third-order valence-electron chi connectivity index (χ3n) is 7.57. The van der Waals surface area contributed by atoms with Crippen molar-refractivity contribution >= 4 is 35.0 Å². The summed E-state index contributed by atoms with van der Waals surface area (Å²) in [7, 11) is 4.55. The van der Waals surface area contributed by atoms with E-state index >= 15 is 0 Å². The zero-order chi connectivity index (χ0) is 30.8. The second-order valence-corrected chi connectivity index (χ2v) is 9.99. The molecule has 0 amide bonds. The maximum Gasteiger partial charge on any atom is 0.357 e. The summed E-state index contributed by atoms with van der Waals surface area (Å²) in [4.78, 5) is 68.9. The predicted octanol–water partition coefficient (Wildman–Crippen LogP) is 2.90. The number of nitrogens with zero attached hydrogens (tertiary/aromatic N) is 2. The normalized spacial score (nSPS) is 15.8. The van der Waals surface area contributed by atoms with Gasteiger partial charge in [0.25, 0.3) is 11.1 Å². The topological polar surface area (TPSA) is 132 Å². The number of fused-ring (bicyclic) bond motifs is 1. The zero-order valence-electron chi connectivity index (χ0n) is 24.2. The van der Waals surface area contributed by atoms with Crippen LogP contribution < -0.4 is 5.56 Å². The molecule has 1 unspecified atom stereocenters. The van der Waals surface area contributed by atoms with Crippen molar-refractivity contribution in [3.63, 3.8) is 0 Å². The minimum atomic E-state index is -2.27. The number of esters is 4. The molecule has 2 heterocycles. The molecule has 1 aliphatic heterocycles. The minimum absolute atomic E-state index is 0.0152. The second kappa shape index (κ2) is 11.9. The molecule has 2 aromatic carbocycles. The summed E-state index contributed by atoms with van der Waals surface area (Å²) in [5.41, 5.74) is -2.83. The van der Waals surface area contributed by atoms with Gasteiger partial charge in [-0.05, 0) is 17.0 Å². The highest BCUT2D eigenvalue weighted by atomic mass is 16.6. The van der Waals surface area contributed by atoms with Crippen molar-refractivity contribution in [2.75, 3.05) is 28.4 Å². The molecule has 1 aliphatic rings. The molecule has 0 N–H and O–H groups in total. The number of methoxy groups -OCH3 is 4. The molecule has 0 radical (unpaired) electrons. The van der Waals surface area contributed by atoms with Crippen molar-refractivity contribution in [3.8, 4) is 0 Å². The van der Waals surface area contributed by atoms with Crippen molar-refractivity contribution in [3.05, 3.63) is 93.4 Å². The van der Waals surface area contributed by atoms with Crippen molar-refractivity contribution < 1.29 is 38.1 Å². The average Bonchev–Trinajstić information content (AvgIpc) is 3.52. The number of ether oxygens (including phenoxy) is 4. The maximum absolute atomic E-state index is 14.7. The van der Waals surface area contributed by atoms with Crippen LogP contribution in [0.5, 0.6) is 0 Å². The van der Waals surface area contributed by atoms with Crippen molar-refractivity contribution in [1.29, 1.82) is 0 Å². The number of hydrogen-bond acceptors (Lipinski definition) is 9. The van der Waals surface area contributed by atoms with Gasteiger partial charge in [-0.25, -0.2) is 23.9 Å². The first-order chi connectivity index (χ1) is 20.1. The molecule has 0 saturated heterocycles. The Morgan fingerprint density at radius 1 is 0.786 bits per heavy atom. The lowest BCUT2D eigenvalue weighted by Crippen LogP contribution is -2.57. The fourth-order valence-corrected chi connectivity index (χ4v) is 5.73. The molecule has 1 aromatic heterocycles. The molecule has 0 spiro atoms. The summed E-state index contributed by atoms with van der Waals surface area (Å²) in [6.07, 6.45) is 0. The van der Waals surface area contributed by atoms with Crippen LogP contribution in [0.25, 0.3) is 11.1 Å². The lowest BCUT2D eigenvalue weighted by Gasteiger charge is -2.31. The van der Waals surface area contributed by atoms with Crippen LogP contribution in [-0.2, 0) is 45.4 Å². The number of carbonyl (C=O) groups excluding carboxylic acids is 4. The molecule has 0 bridgehead atoms. The summed E-state index contributed by atoms with van der Waals surface area (Å²) in [5, 5.41) is 0. The zero-order valence-corrected chi connectivity index (χ0v) is 24.2. The van der Waals surface area contributed by atoms with Crippen LogP contribution in [0, 0.1) is 11.8 Å². The fourth-order valence-electron chi connectivity index (χ4n) is 5.73. The van der Waals surface area contributed by atoms with Gasteiger partial charge >= 0.3 is 23.9 Å². The van der Waals surface area contributed by atoms with E-state index < -0.39 is 40.9 Å². The van der Waals surface area contributed by atoms with E-state index in [-0.39, 0.29) is 34.9 Å². The Hall–Kier alpha value is -4.93. The van der Waals surface area contributed by atoms with E-state index in [2.05, 4.69) is 0 Å². The number of aromatic nitrogens is 2. The van der Waals surface area contributed by atoms with E-state index in [1.165, 1.54) is 11.8 Å². The predicted molar refractivity (Wildman–Crippen MR) is 151 cm³/mol. The molecule has 11 heteroatoms. The van der Waals surface area contributed by atoms with Crippen LogP contribution in [0.3, 0.4) is 0 Å². The Morgan fingerprint density at radius 2 is 1.31 bits per heavy atom. The van der Waals surface area contributed by atoms with Gasteiger partial charge in [-0.3, -0.25) is 9.48 Å². The molecule has 220 valence electrons. The first kappa shape index (κ1) is 30.0. The van der Waals surface area contributed by atoms with E-state index in [0.29, 0.717) is 11.1 Å². The van der Waals surface area contributed by atoms with Crippen LogP contribution in [0.1, 0.15) is 41.0 Å².